The van der Waals surface area contributed by atoms with E-state index in [1.807, 2.05) is 6.92 Å². The molecule has 30 heavy (non-hydrogen) atoms. The van der Waals surface area contributed by atoms with E-state index in [2.05, 4.69) is 9.71 Å². The molecule has 0 spiro atoms. The molecule has 2 heterocycles. The number of carbonyl (C=O) groups excluding carboxylic acids is 1. The number of rotatable bonds is 5. The summed E-state index contributed by atoms with van der Waals surface area (Å²) in [6, 6.07) is 14.7. The quantitative estimate of drug-likeness (QED) is 0.373. The number of hydrogen-bond acceptors (Lipinski definition) is 7. The van der Waals surface area contributed by atoms with Gasteiger partial charge < -0.3 is 4.42 Å². The molecular weight excluding hydrogens is 424 g/mol. The van der Waals surface area contributed by atoms with Crippen LogP contribution < -0.4 is 10.3 Å². The fourth-order valence-electron chi connectivity index (χ4n) is 2.88. The Bertz CT molecular complexity index is 1430. The van der Waals surface area contributed by atoms with Crippen molar-refractivity contribution in [2.24, 2.45) is 0 Å². The summed E-state index contributed by atoms with van der Waals surface area (Å²) >= 11 is 0.870. The first-order valence-electron chi connectivity index (χ1n) is 8.89. The summed E-state index contributed by atoms with van der Waals surface area (Å²) in [6.07, 6.45) is 0. The molecule has 4 aromatic rings. The molecule has 4 rings (SSSR count). The van der Waals surface area contributed by atoms with Crippen molar-refractivity contribution in [1.82, 2.24) is 4.98 Å². The number of nitrogens with one attached hydrogen (secondary N) is 1. The predicted octanol–water partition coefficient (Wildman–Crippen LogP) is 3.90. The lowest BCUT2D eigenvalue weighted by atomic mass is 10.1. The van der Waals surface area contributed by atoms with Gasteiger partial charge in [0.15, 0.2) is 5.13 Å². The number of para-hydroxylation sites is 1. The number of nitrogens with zero attached hydrogens (tertiary/aromatic N) is 1. The van der Waals surface area contributed by atoms with Crippen molar-refractivity contribution in [3.05, 3.63) is 86.7 Å². The van der Waals surface area contributed by atoms with E-state index in [-0.39, 0.29) is 20.5 Å². The summed E-state index contributed by atoms with van der Waals surface area (Å²) in [7, 11) is -3.85. The molecule has 0 saturated heterocycles. The third-order valence-corrected chi connectivity index (χ3v) is 7.00. The van der Waals surface area contributed by atoms with Crippen LogP contribution in [0.3, 0.4) is 0 Å². The molecule has 1 N–H and O–H groups in total. The second-order valence-corrected chi connectivity index (χ2v) is 9.35. The minimum atomic E-state index is -3.85. The lowest BCUT2D eigenvalue weighted by molar-refractivity contribution is 0.103. The van der Waals surface area contributed by atoms with Gasteiger partial charge in [0.2, 0.25) is 5.78 Å². The van der Waals surface area contributed by atoms with Crippen molar-refractivity contribution in [3.63, 3.8) is 0 Å². The maximum atomic E-state index is 13.0. The van der Waals surface area contributed by atoms with Gasteiger partial charge in [-0.2, -0.15) is 0 Å². The summed E-state index contributed by atoms with van der Waals surface area (Å²) in [6.45, 7) is 3.44. The Morgan fingerprint density at radius 1 is 1.07 bits per heavy atom. The number of hydrogen-bond donors (Lipinski definition) is 1. The lowest BCUT2D eigenvalue weighted by Gasteiger charge is -2.05. The van der Waals surface area contributed by atoms with Crippen molar-refractivity contribution in [3.8, 4) is 0 Å². The number of ketones is 1. The minimum Gasteiger partial charge on any atom is -0.422 e. The zero-order chi connectivity index (χ0) is 21.5. The summed E-state index contributed by atoms with van der Waals surface area (Å²) in [4.78, 5) is 29.6. The molecule has 2 aromatic heterocycles. The normalized spacial score (nSPS) is 11.5. The third-order valence-electron chi connectivity index (χ3n) is 4.44. The fourth-order valence-corrected chi connectivity index (χ4v) is 5.04. The van der Waals surface area contributed by atoms with E-state index in [1.54, 1.807) is 43.3 Å². The summed E-state index contributed by atoms with van der Waals surface area (Å²) in [5, 5.41) is 0.657. The molecule has 2 aromatic carbocycles. The highest BCUT2D eigenvalue weighted by Crippen LogP contribution is 2.27. The molecule has 0 radical (unpaired) electrons. The Labute approximate surface area is 176 Å². The number of fused-ring (bicyclic) bond motifs is 1. The van der Waals surface area contributed by atoms with E-state index >= 15 is 0 Å². The van der Waals surface area contributed by atoms with Crippen molar-refractivity contribution in [1.29, 1.82) is 0 Å². The maximum absolute atomic E-state index is 13.0. The molecule has 0 fully saturated rings. The van der Waals surface area contributed by atoms with Crippen LogP contribution in [-0.4, -0.2) is 19.2 Å². The standard InChI is InChI=1S/C21H16N2O5S2/c1-12-7-9-15(10-8-12)30(26,27)23-21-22-13(2)19(29-21)18(24)16-11-14-5-3-4-6-17(14)28-20(16)25/h3-11H,1-2H3,(H,22,23). The Morgan fingerprint density at radius 2 is 1.77 bits per heavy atom. The SMILES string of the molecule is Cc1ccc(S(=O)(=O)Nc2nc(C)c(C(=O)c3cc4ccccc4oc3=O)s2)cc1. The van der Waals surface area contributed by atoms with E-state index in [1.165, 1.54) is 18.2 Å². The number of anilines is 1. The number of benzene rings is 2. The lowest BCUT2D eigenvalue weighted by Crippen LogP contribution is -2.14. The second kappa shape index (κ2) is 7.51. The summed E-state index contributed by atoms with van der Waals surface area (Å²) in [5.41, 5.74) is 0.744. The van der Waals surface area contributed by atoms with Crippen molar-refractivity contribution >= 4 is 43.2 Å². The van der Waals surface area contributed by atoms with Crippen LogP contribution in [0.2, 0.25) is 0 Å². The number of sulfonamides is 1. The van der Waals surface area contributed by atoms with E-state index in [9.17, 15) is 18.0 Å². The van der Waals surface area contributed by atoms with E-state index < -0.39 is 21.4 Å². The summed E-state index contributed by atoms with van der Waals surface area (Å²) < 4.78 is 32.8. The first-order valence-corrected chi connectivity index (χ1v) is 11.2. The predicted molar refractivity (Wildman–Crippen MR) is 115 cm³/mol. The Hall–Kier alpha value is -3.30. The molecule has 0 saturated carbocycles. The zero-order valence-electron chi connectivity index (χ0n) is 16.0. The molecule has 0 unspecified atom stereocenters. The van der Waals surface area contributed by atoms with Crippen LogP contribution in [0.1, 0.15) is 26.5 Å². The van der Waals surface area contributed by atoms with Crippen LogP contribution in [0, 0.1) is 13.8 Å². The van der Waals surface area contributed by atoms with Crippen LogP contribution >= 0.6 is 11.3 Å². The topological polar surface area (TPSA) is 106 Å². The van der Waals surface area contributed by atoms with E-state index in [0.717, 1.165) is 16.9 Å². The van der Waals surface area contributed by atoms with Gasteiger partial charge in [-0.05, 0) is 38.1 Å². The first-order chi connectivity index (χ1) is 14.2. The molecule has 152 valence electrons. The Balaban J connectivity index is 1.67. The average Bonchev–Trinajstić information content (AvgIpc) is 3.06. The number of aromatic nitrogens is 1. The van der Waals surface area contributed by atoms with Gasteiger partial charge >= 0.3 is 5.63 Å². The van der Waals surface area contributed by atoms with Crippen LogP contribution in [-0.2, 0) is 10.0 Å². The highest BCUT2D eigenvalue weighted by Gasteiger charge is 2.23. The van der Waals surface area contributed by atoms with Crippen LogP contribution in [0.5, 0.6) is 0 Å². The van der Waals surface area contributed by atoms with E-state index in [0.29, 0.717) is 16.7 Å². The zero-order valence-corrected chi connectivity index (χ0v) is 17.6. The Kier molecular flexibility index (Phi) is 5.00. The van der Waals surface area contributed by atoms with Gasteiger partial charge in [0.25, 0.3) is 10.0 Å². The highest BCUT2D eigenvalue weighted by atomic mass is 32.2. The third kappa shape index (κ3) is 3.77. The molecular formula is C21H16N2O5S2. The summed E-state index contributed by atoms with van der Waals surface area (Å²) in [5.74, 6) is -0.565. The highest BCUT2D eigenvalue weighted by molar-refractivity contribution is 7.93. The smallest absolute Gasteiger partial charge is 0.347 e. The monoisotopic (exact) mass is 440 g/mol. The molecule has 0 bridgehead atoms. The largest absolute Gasteiger partial charge is 0.422 e. The first kappa shape index (κ1) is 20.0. The average molecular weight is 441 g/mol. The second-order valence-electron chi connectivity index (χ2n) is 6.67. The maximum Gasteiger partial charge on any atom is 0.347 e. The number of thiazole rings is 1. The van der Waals surface area contributed by atoms with Gasteiger partial charge in [-0.1, -0.05) is 47.2 Å². The molecule has 9 heteroatoms. The van der Waals surface area contributed by atoms with E-state index in [4.69, 9.17) is 4.42 Å². The molecule has 0 aliphatic carbocycles. The van der Waals surface area contributed by atoms with Crippen molar-refractivity contribution in [2.75, 3.05) is 4.72 Å². The molecule has 0 aliphatic heterocycles. The van der Waals surface area contributed by atoms with Crippen LogP contribution in [0.4, 0.5) is 5.13 Å². The molecule has 7 nitrogen and oxygen atoms in total. The molecule has 0 aliphatic rings. The number of aryl methyl sites for hydroxylation is 2. The molecule has 0 amide bonds. The molecule has 0 atom stereocenters. The number of carbonyl (C=O) groups is 1. The van der Waals surface area contributed by atoms with Crippen LogP contribution in [0.15, 0.2) is 68.7 Å². The van der Waals surface area contributed by atoms with Crippen molar-refractivity contribution < 1.29 is 17.6 Å². The van der Waals surface area contributed by atoms with Crippen LogP contribution in [0.25, 0.3) is 11.0 Å². The fraction of sp³-hybridized carbons (Fsp3) is 0.0952. The Morgan fingerprint density at radius 3 is 2.50 bits per heavy atom. The van der Waals surface area contributed by atoms with Gasteiger partial charge in [-0.15, -0.1) is 0 Å². The van der Waals surface area contributed by atoms with Gasteiger partial charge in [0.05, 0.1) is 10.6 Å². The van der Waals surface area contributed by atoms with Gasteiger partial charge in [-0.3, -0.25) is 9.52 Å². The minimum absolute atomic E-state index is 0.0431. The van der Waals surface area contributed by atoms with Gasteiger partial charge in [0, 0.05) is 5.39 Å². The van der Waals surface area contributed by atoms with Crippen molar-refractivity contribution in [2.45, 2.75) is 18.7 Å². The van der Waals surface area contributed by atoms with Gasteiger partial charge in [0.1, 0.15) is 16.0 Å². The van der Waals surface area contributed by atoms with Gasteiger partial charge in [-0.25, -0.2) is 18.2 Å².